The molecule has 0 unspecified atom stereocenters. The van der Waals surface area contributed by atoms with Crippen LogP contribution in [0.4, 0.5) is 5.82 Å². The quantitative estimate of drug-likeness (QED) is 0.676. The Morgan fingerprint density at radius 1 is 1.28 bits per heavy atom. The number of hydrogen-bond acceptors (Lipinski definition) is 5. The van der Waals surface area contributed by atoms with Crippen LogP contribution in [0.1, 0.15) is 26.5 Å². The van der Waals surface area contributed by atoms with Crippen LogP contribution in [-0.4, -0.2) is 26.4 Å². The Bertz CT molecular complexity index is 836. The number of hydrogen-bond donors (Lipinski definition) is 1. The first kappa shape index (κ1) is 17.7. The molecule has 25 heavy (non-hydrogen) atoms. The summed E-state index contributed by atoms with van der Waals surface area (Å²) in [5, 5.41) is 9.58. The highest BCUT2D eigenvalue weighted by Gasteiger charge is 2.21. The molecule has 0 bridgehead atoms. The van der Waals surface area contributed by atoms with Crippen molar-refractivity contribution in [1.82, 2.24) is 14.8 Å². The van der Waals surface area contributed by atoms with Gasteiger partial charge in [0, 0.05) is 23.1 Å². The number of amides is 1. The molecular weight excluding hydrogens is 352 g/mol. The molecule has 5 nitrogen and oxygen atoms in total. The topological polar surface area (TPSA) is 59.8 Å². The van der Waals surface area contributed by atoms with E-state index in [4.69, 9.17) is 5.10 Å². The highest BCUT2D eigenvalue weighted by Crippen LogP contribution is 2.27. The van der Waals surface area contributed by atoms with Crippen molar-refractivity contribution < 1.29 is 4.79 Å². The van der Waals surface area contributed by atoms with E-state index in [-0.39, 0.29) is 11.3 Å². The van der Waals surface area contributed by atoms with Gasteiger partial charge < -0.3 is 5.32 Å². The predicted octanol–water partition coefficient (Wildman–Crippen LogP) is 4.36. The zero-order valence-corrected chi connectivity index (χ0v) is 16.0. The zero-order chi connectivity index (χ0) is 17.9. The van der Waals surface area contributed by atoms with Crippen LogP contribution < -0.4 is 5.32 Å². The van der Waals surface area contributed by atoms with Crippen molar-refractivity contribution in [2.45, 2.75) is 30.5 Å². The largest absolute Gasteiger partial charge is 0.310 e. The van der Waals surface area contributed by atoms with E-state index in [1.807, 2.05) is 41.8 Å². The number of nitrogens with zero attached hydrogens (tertiary/aromatic N) is 3. The number of nitrogens with one attached hydrogen (secondary N) is 1. The first-order valence-corrected chi connectivity index (χ1v) is 9.78. The Hall–Kier alpha value is -2.12. The summed E-state index contributed by atoms with van der Waals surface area (Å²) in [7, 11) is 0. The lowest BCUT2D eigenvalue weighted by molar-refractivity contribution is -0.113. The summed E-state index contributed by atoms with van der Waals surface area (Å²) in [6, 6.07) is 11.8. The van der Waals surface area contributed by atoms with Crippen molar-refractivity contribution in [1.29, 1.82) is 0 Å². The average Bonchev–Trinajstić information content (AvgIpc) is 3.23. The zero-order valence-electron chi connectivity index (χ0n) is 14.4. The molecule has 130 valence electrons. The average molecular weight is 373 g/mol. The third-order valence-electron chi connectivity index (χ3n) is 3.48. The lowest BCUT2D eigenvalue weighted by Crippen LogP contribution is -2.16. The van der Waals surface area contributed by atoms with E-state index in [1.54, 1.807) is 10.9 Å². The molecule has 1 amide bonds. The van der Waals surface area contributed by atoms with Gasteiger partial charge in [-0.05, 0) is 12.1 Å². The minimum Gasteiger partial charge on any atom is -0.310 e. The van der Waals surface area contributed by atoms with Crippen molar-refractivity contribution in [3.05, 3.63) is 53.7 Å². The van der Waals surface area contributed by atoms with E-state index in [2.05, 4.69) is 31.1 Å². The van der Waals surface area contributed by atoms with Gasteiger partial charge in [0.15, 0.2) is 0 Å². The standard InChI is InChI=1S/C18H20N4OS2/c1-18(2,3)14-11-15(22(21-14)13-7-5-4-6-8-13)20-16(23)12-25-17-19-9-10-24-17/h4-11H,12H2,1-3H3,(H,20,23). The third kappa shape index (κ3) is 4.49. The Morgan fingerprint density at radius 2 is 2.04 bits per heavy atom. The molecule has 0 saturated carbocycles. The van der Waals surface area contributed by atoms with Gasteiger partial charge in [-0.3, -0.25) is 4.79 Å². The highest BCUT2D eigenvalue weighted by atomic mass is 32.2. The number of para-hydroxylation sites is 1. The molecule has 1 aromatic carbocycles. The van der Waals surface area contributed by atoms with Crippen molar-refractivity contribution >= 4 is 34.8 Å². The number of thioether (sulfide) groups is 1. The Balaban J connectivity index is 1.81. The Kier molecular flexibility index (Phi) is 5.24. The summed E-state index contributed by atoms with van der Waals surface area (Å²) >= 11 is 2.97. The number of carbonyl (C=O) groups excluding carboxylic acids is 1. The molecule has 0 radical (unpaired) electrons. The van der Waals surface area contributed by atoms with Gasteiger partial charge in [-0.1, -0.05) is 50.7 Å². The number of aromatic nitrogens is 3. The second-order valence-corrected chi connectivity index (χ2v) is 8.66. The van der Waals surface area contributed by atoms with Gasteiger partial charge in [0.2, 0.25) is 5.91 Å². The van der Waals surface area contributed by atoms with Crippen molar-refractivity contribution in [2.24, 2.45) is 0 Å². The molecule has 1 N–H and O–H groups in total. The molecule has 3 aromatic rings. The number of anilines is 1. The normalized spacial score (nSPS) is 11.5. The number of benzene rings is 1. The molecule has 0 aliphatic rings. The van der Waals surface area contributed by atoms with E-state index in [1.165, 1.54) is 23.1 Å². The molecule has 7 heteroatoms. The second-order valence-electron chi connectivity index (χ2n) is 6.55. The van der Waals surface area contributed by atoms with Gasteiger partial charge in [-0.2, -0.15) is 5.10 Å². The lowest BCUT2D eigenvalue weighted by atomic mass is 9.92. The molecule has 2 heterocycles. The van der Waals surface area contributed by atoms with Crippen molar-refractivity contribution in [3.8, 4) is 5.69 Å². The van der Waals surface area contributed by atoms with E-state index in [0.29, 0.717) is 11.6 Å². The molecule has 3 rings (SSSR count). The number of rotatable bonds is 5. The summed E-state index contributed by atoms with van der Waals surface area (Å²) in [5.41, 5.74) is 1.75. The van der Waals surface area contributed by atoms with Crippen LogP contribution in [0, 0.1) is 0 Å². The summed E-state index contributed by atoms with van der Waals surface area (Å²) in [5.74, 6) is 0.928. The van der Waals surface area contributed by atoms with Crippen LogP contribution >= 0.6 is 23.1 Å². The van der Waals surface area contributed by atoms with E-state index >= 15 is 0 Å². The smallest absolute Gasteiger partial charge is 0.235 e. The molecule has 0 aliphatic heterocycles. The van der Waals surface area contributed by atoms with E-state index in [9.17, 15) is 4.79 Å². The maximum atomic E-state index is 12.4. The molecule has 0 atom stereocenters. The van der Waals surface area contributed by atoms with Gasteiger partial charge in [-0.25, -0.2) is 9.67 Å². The highest BCUT2D eigenvalue weighted by molar-refractivity contribution is 8.01. The first-order chi connectivity index (χ1) is 11.9. The number of carbonyl (C=O) groups is 1. The molecular formula is C18H20N4OS2. The van der Waals surface area contributed by atoms with Gasteiger partial charge in [0.1, 0.15) is 10.2 Å². The van der Waals surface area contributed by atoms with Crippen LogP contribution in [0.3, 0.4) is 0 Å². The maximum Gasteiger partial charge on any atom is 0.235 e. The van der Waals surface area contributed by atoms with Crippen LogP contribution in [0.15, 0.2) is 52.3 Å². The predicted molar refractivity (Wildman–Crippen MR) is 104 cm³/mol. The summed E-state index contributed by atoms with van der Waals surface area (Å²) < 4.78 is 2.68. The molecule has 0 spiro atoms. The van der Waals surface area contributed by atoms with Crippen LogP contribution in [0.25, 0.3) is 5.69 Å². The van der Waals surface area contributed by atoms with Crippen LogP contribution in [0.2, 0.25) is 0 Å². The van der Waals surface area contributed by atoms with Gasteiger partial charge in [-0.15, -0.1) is 11.3 Å². The van der Waals surface area contributed by atoms with Gasteiger partial charge in [0.05, 0.1) is 17.1 Å². The maximum absolute atomic E-state index is 12.4. The van der Waals surface area contributed by atoms with E-state index in [0.717, 1.165) is 15.7 Å². The Labute approximate surface area is 155 Å². The third-order valence-corrected chi connectivity index (χ3v) is 5.45. The summed E-state index contributed by atoms with van der Waals surface area (Å²) in [6.07, 6.45) is 1.74. The molecule has 0 fully saturated rings. The van der Waals surface area contributed by atoms with Crippen LogP contribution in [0.5, 0.6) is 0 Å². The first-order valence-electron chi connectivity index (χ1n) is 7.91. The monoisotopic (exact) mass is 372 g/mol. The fourth-order valence-electron chi connectivity index (χ4n) is 2.19. The SMILES string of the molecule is CC(C)(C)c1cc(NC(=O)CSc2nccs2)n(-c2ccccc2)n1. The summed E-state index contributed by atoms with van der Waals surface area (Å²) in [6.45, 7) is 6.32. The summed E-state index contributed by atoms with van der Waals surface area (Å²) in [4.78, 5) is 16.5. The van der Waals surface area contributed by atoms with Crippen molar-refractivity contribution in [2.75, 3.05) is 11.1 Å². The Morgan fingerprint density at radius 3 is 2.68 bits per heavy atom. The number of thiazole rings is 1. The van der Waals surface area contributed by atoms with Crippen LogP contribution in [-0.2, 0) is 10.2 Å². The molecule has 0 saturated heterocycles. The second kappa shape index (κ2) is 7.41. The fourth-order valence-corrected chi connectivity index (χ4v) is 3.63. The van der Waals surface area contributed by atoms with Gasteiger partial charge in [0.25, 0.3) is 0 Å². The van der Waals surface area contributed by atoms with Gasteiger partial charge >= 0.3 is 0 Å². The minimum atomic E-state index is -0.102. The molecule has 0 aliphatic carbocycles. The fraction of sp³-hybridized carbons (Fsp3) is 0.278. The van der Waals surface area contributed by atoms with E-state index < -0.39 is 0 Å². The van der Waals surface area contributed by atoms with Crippen molar-refractivity contribution in [3.63, 3.8) is 0 Å². The lowest BCUT2D eigenvalue weighted by Gasteiger charge is -2.14. The minimum absolute atomic E-state index is 0.0715. The molecule has 2 aromatic heterocycles.